The van der Waals surface area contributed by atoms with E-state index < -0.39 is 17.4 Å². The number of hydrogen-bond acceptors (Lipinski definition) is 5. The van der Waals surface area contributed by atoms with Gasteiger partial charge in [-0.2, -0.15) is 4.98 Å². The van der Waals surface area contributed by atoms with Gasteiger partial charge in [0.15, 0.2) is 11.2 Å². The zero-order valence-electron chi connectivity index (χ0n) is 14.6. The zero-order valence-corrected chi connectivity index (χ0v) is 14.6. The summed E-state index contributed by atoms with van der Waals surface area (Å²) in [7, 11) is 1.58. The fraction of sp³-hybridized carbons (Fsp3) is 0.389. The number of benzene rings is 1. The Balaban J connectivity index is 1.88. The van der Waals surface area contributed by atoms with Gasteiger partial charge in [-0.25, -0.2) is 4.79 Å². The number of rotatable bonds is 4. The van der Waals surface area contributed by atoms with E-state index in [0.717, 1.165) is 31.5 Å². The lowest BCUT2D eigenvalue weighted by Crippen LogP contribution is -2.30. The Hall–Kier alpha value is -2.87. The maximum absolute atomic E-state index is 12.5. The number of imidazole rings is 1. The van der Waals surface area contributed by atoms with Crippen molar-refractivity contribution in [1.82, 2.24) is 19.1 Å². The minimum Gasteiger partial charge on any atom is -0.387 e. The largest absolute Gasteiger partial charge is 0.387 e. The van der Waals surface area contributed by atoms with E-state index in [-0.39, 0.29) is 6.54 Å². The van der Waals surface area contributed by atoms with Crippen molar-refractivity contribution in [2.75, 3.05) is 18.0 Å². The second-order valence-corrected chi connectivity index (χ2v) is 6.63. The molecule has 1 atom stereocenters. The van der Waals surface area contributed by atoms with Gasteiger partial charge in [0.1, 0.15) is 0 Å². The zero-order chi connectivity index (χ0) is 18.3. The summed E-state index contributed by atoms with van der Waals surface area (Å²) in [5, 5.41) is 10.7. The van der Waals surface area contributed by atoms with E-state index >= 15 is 0 Å². The Bertz CT molecular complexity index is 1040. The molecule has 26 heavy (non-hydrogen) atoms. The monoisotopic (exact) mass is 355 g/mol. The fourth-order valence-corrected chi connectivity index (χ4v) is 3.51. The van der Waals surface area contributed by atoms with Crippen LogP contribution < -0.4 is 16.1 Å². The van der Waals surface area contributed by atoms with Gasteiger partial charge in [0.2, 0.25) is 5.95 Å². The maximum Gasteiger partial charge on any atom is 0.329 e. The number of aromatic nitrogens is 4. The molecule has 0 aliphatic carbocycles. The molecule has 8 heteroatoms. The van der Waals surface area contributed by atoms with Gasteiger partial charge in [0.05, 0.1) is 12.6 Å². The molecule has 1 fully saturated rings. The number of aromatic amines is 1. The highest BCUT2D eigenvalue weighted by molar-refractivity contribution is 5.74. The lowest BCUT2D eigenvalue weighted by atomic mass is 10.1. The molecule has 1 aliphatic heterocycles. The molecule has 2 aromatic heterocycles. The van der Waals surface area contributed by atoms with E-state index in [2.05, 4.69) is 14.9 Å². The van der Waals surface area contributed by atoms with E-state index in [0.29, 0.717) is 17.1 Å². The average Bonchev–Trinajstić information content (AvgIpc) is 3.28. The summed E-state index contributed by atoms with van der Waals surface area (Å²) in [6.45, 7) is 1.88. The highest BCUT2D eigenvalue weighted by atomic mass is 16.3. The van der Waals surface area contributed by atoms with Gasteiger partial charge in [-0.3, -0.25) is 14.3 Å². The Labute approximate surface area is 149 Å². The maximum atomic E-state index is 12.5. The van der Waals surface area contributed by atoms with Crippen LogP contribution in [0.15, 0.2) is 39.9 Å². The predicted molar refractivity (Wildman–Crippen MR) is 98.4 cm³/mol. The van der Waals surface area contributed by atoms with Crippen molar-refractivity contribution in [3.05, 3.63) is 56.7 Å². The van der Waals surface area contributed by atoms with Crippen LogP contribution in [0.4, 0.5) is 5.95 Å². The number of aliphatic hydroxyl groups is 1. The molecule has 3 aromatic rings. The summed E-state index contributed by atoms with van der Waals surface area (Å²) in [5.74, 6) is 0.624. The highest BCUT2D eigenvalue weighted by Crippen LogP contribution is 2.26. The first kappa shape index (κ1) is 16.6. The molecule has 1 aromatic carbocycles. The lowest BCUT2D eigenvalue weighted by molar-refractivity contribution is 0.158. The number of hydrogen-bond donors (Lipinski definition) is 2. The average molecular weight is 355 g/mol. The first-order valence-electron chi connectivity index (χ1n) is 8.74. The van der Waals surface area contributed by atoms with Crippen LogP contribution in [0, 0.1) is 0 Å². The summed E-state index contributed by atoms with van der Waals surface area (Å²) in [4.78, 5) is 33.4. The van der Waals surface area contributed by atoms with Crippen LogP contribution in [0.5, 0.6) is 0 Å². The molecule has 3 heterocycles. The van der Waals surface area contributed by atoms with Crippen molar-refractivity contribution < 1.29 is 5.11 Å². The molecule has 1 aliphatic rings. The number of H-pyrrole nitrogens is 1. The standard InChI is InChI=1S/C18H21N5O3/c1-21-15-14(16(25)20-18(21)26)23(17(19-15)22-9-5-6-10-22)11-13(24)12-7-3-2-4-8-12/h2-4,7-8,13,24H,5-6,9-11H2,1H3,(H,20,25,26)/t13-/m1/s1. The third kappa shape index (κ3) is 2.72. The third-order valence-electron chi connectivity index (χ3n) is 4.92. The number of aliphatic hydroxyl groups excluding tert-OH is 1. The minimum atomic E-state index is -0.786. The minimum absolute atomic E-state index is 0.188. The number of anilines is 1. The summed E-state index contributed by atoms with van der Waals surface area (Å²) < 4.78 is 3.07. The molecule has 0 spiro atoms. The normalized spacial score (nSPS) is 15.7. The predicted octanol–water partition coefficient (Wildman–Crippen LogP) is 0.757. The highest BCUT2D eigenvalue weighted by Gasteiger charge is 2.25. The van der Waals surface area contributed by atoms with Gasteiger partial charge < -0.3 is 14.6 Å². The molecule has 0 bridgehead atoms. The number of nitrogens with zero attached hydrogens (tertiary/aromatic N) is 4. The number of fused-ring (bicyclic) bond motifs is 1. The Kier molecular flexibility index (Phi) is 4.12. The molecule has 0 unspecified atom stereocenters. The third-order valence-corrected chi connectivity index (χ3v) is 4.92. The number of nitrogens with one attached hydrogen (secondary N) is 1. The van der Waals surface area contributed by atoms with Gasteiger partial charge in [-0.1, -0.05) is 30.3 Å². The molecular weight excluding hydrogens is 334 g/mol. The van der Waals surface area contributed by atoms with Crippen LogP contribution >= 0.6 is 0 Å². The molecule has 0 amide bonds. The van der Waals surface area contributed by atoms with Crippen molar-refractivity contribution in [1.29, 1.82) is 0 Å². The molecule has 8 nitrogen and oxygen atoms in total. The Morgan fingerprint density at radius 3 is 2.58 bits per heavy atom. The van der Waals surface area contributed by atoms with Crippen LogP contribution in [0.25, 0.3) is 11.2 Å². The summed E-state index contributed by atoms with van der Waals surface area (Å²) in [6, 6.07) is 9.31. The van der Waals surface area contributed by atoms with Crippen LogP contribution in [-0.4, -0.2) is 37.3 Å². The molecular formula is C18H21N5O3. The molecule has 1 saturated heterocycles. The van der Waals surface area contributed by atoms with Crippen molar-refractivity contribution in [2.24, 2.45) is 7.05 Å². The Morgan fingerprint density at radius 2 is 1.88 bits per heavy atom. The van der Waals surface area contributed by atoms with E-state index in [4.69, 9.17) is 0 Å². The van der Waals surface area contributed by atoms with E-state index in [9.17, 15) is 14.7 Å². The molecule has 136 valence electrons. The van der Waals surface area contributed by atoms with Gasteiger partial charge in [0, 0.05) is 20.1 Å². The first-order chi connectivity index (χ1) is 12.6. The second-order valence-electron chi connectivity index (χ2n) is 6.63. The van der Waals surface area contributed by atoms with Gasteiger partial charge in [-0.15, -0.1) is 0 Å². The molecule has 2 N–H and O–H groups in total. The quantitative estimate of drug-likeness (QED) is 0.720. The first-order valence-corrected chi connectivity index (χ1v) is 8.74. The SMILES string of the molecule is Cn1c(=O)[nH]c(=O)c2c1nc(N1CCCC1)n2C[C@@H](O)c1ccccc1. The molecule has 4 rings (SSSR count). The van der Waals surface area contributed by atoms with Crippen molar-refractivity contribution >= 4 is 17.1 Å². The van der Waals surface area contributed by atoms with Crippen molar-refractivity contribution in [3.8, 4) is 0 Å². The van der Waals surface area contributed by atoms with Crippen LogP contribution in [0.3, 0.4) is 0 Å². The summed E-state index contributed by atoms with van der Waals surface area (Å²) in [6.07, 6.45) is 1.33. The smallest absolute Gasteiger partial charge is 0.329 e. The number of aryl methyl sites for hydroxylation is 1. The second kappa shape index (κ2) is 6.45. The summed E-state index contributed by atoms with van der Waals surface area (Å²) >= 11 is 0. The summed E-state index contributed by atoms with van der Waals surface area (Å²) in [5.41, 5.74) is 0.429. The van der Waals surface area contributed by atoms with Gasteiger partial charge in [-0.05, 0) is 18.4 Å². The van der Waals surface area contributed by atoms with E-state index in [1.165, 1.54) is 4.57 Å². The van der Waals surface area contributed by atoms with Crippen molar-refractivity contribution in [2.45, 2.75) is 25.5 Å². The fourth-order valence-electron chi connectivity index (χ4n) is 3.51. The van der Waals surface area contributed by atoms with Gasteiger partial charge in [0.25, 0.3) is 5.56 Å². The van der Waals surface area contributed by atoms with Crippen LogP contribution in [0.2, 0.25) is 0 Å². The van der Waals surface area contributed by atoms with E-state index in [1.807, 2.05) is 30.3 Å². The van der Waals surface area contributed by atoms with E-state index in [1.54, 1.807) is 11.6 Å². The molecule has 0 radical (unpaired) electrons. The van der Waals surface area contributed by atoms with Crippen LogP contribution in [-0.2, 0) is 13.6 Å². The Morgan fingerprint density at radius 1 is 1.19 bits per heavy atom. The van der Waals surface area contributed by atoms with Gasteiger partial charge >= 0.3 is 5.69 Å². The lowest BCUT2D eigenvalue weighted by Gasteiger charge is -2.20. The molecule has 0 saturated carbocycles. The van der Waals surface area contributed by atoms with Crippen LogP contribution in [0.1, 0.15) is 24.5 Å². The van der Waals surface area contributed by atoms with Crippen molar-refractivity contribution in [3.63, 3.8) is 0 Å². The topological polar surface area (TPSA) is 96.1 Å².